The van der Waals surface area contributed by atoms with Crippen molar-refractivity contribution in [3.8, 4) is 0 Å². The van der Waals surface area contributed by atoms with Crippen molar-refractivity contribution in [1.29, 1.82) is 0 Å². The molecule has 2 saturated heterocycles. The Morgan fingerprint density at radius 1 is 1.16 bits per heavy atom. The summed E-state index contributed by atoms with van der Waals surface area (Å²) in [5.74, 6) is 0.272. The Hall–Kier alpha value is -0.560. The molecule has 4 nitrogen and oxygen atoms in total. The average molecular weight is 426 g/mol. The smallest absolute Gasteiger partial charge is 0.235 e. The number of piperidine rings is 1. The number of benzene rings is 1. The Kier molecular flexibility index (Phi) is 6.83. The van der Waals surface area contributed by atoms with Crippen LogP contribution >= 0.6 is 27.7 Å². The number of rotatable bonds is 4. The molecule has 1 aromatic rings. The molecule has 6 heteroatoms. The van der Waals surface area contributed by atoms with E-state index in [4.69, 9.17) is 0 Å². The molecule has 2 unspecified atom stereocenters. The predicted octanol–water partition coefficient (Wildman–Crippen LogP) is 3.17. The van der Waals surface area contributed by atoms with Crippen LogP contribution < -0.4 is 0 Å². The van der Waals surface area contributed by atoms with Gasteiger partial charge in [0.1, 0.15) is 0 Å². The van der Waals surface area contributed by atoms with Crippen molar-refractivity contribution in [1.82, 2.24) is 14.7 Å². The van der Waals surface area contributed by atoms with Crippen molar-refractivity contribution in [2.75, 3.05) is 46.3 Å². The molecule has 25 heavy (non-hydrogen) atoms. The number of thioether (sulfide) groups is 1. The van der Waals surface area contributed by atoms with Crippen molar-refractivity contribution in [3.05, 3.63) is 28.7 Å². The molecule has 0 bridgehead atoms. The maximum absolute atomic E-state index is 12.8. The molecule has 0 aliphatic carbocycles. The highest BCUT2D eigenvalue weighted by Gasteiger charge is 2.30. The molecule has 2 fully saturated rings. The van der Waals surface area contributed by atoms with E-state index in [1.54, 1.807) is 11.8 Å². The van der Waals surface area contributed by atoms with Crippen molar-refractivity contribution >= 4 is 33.6 Å². The molecule has 3 rings (SSSR count). The van der Waals surface area contributed by atoms with E-state index in [0.29, 0.717) is 6.04 Å². The third-order valence-corrected chi connectivity index (χ3v) is 6.84. The van der Waals surface area contributed by atoms with Crippen LogP contribution in [0.15, 0.2) is 33.6 Å². The predicted molar refractivity (Wildman–Crippen MR) is 108 cm³/mol. The minimum atomic E-state index is -0.0338. The first-order valence-electron chi connectivity index (χ1n) is 9.16. The zero-order valence-electron chi connectivity index (χ0n) is 15.2. The first kappa shape index (κ1) is 19.2. The van der Waals surface area contributed by atoms with E-state index in [1.807, 2.05) is 19.1 Å². The summed E-state index contributed by atoms with van der Waals surface area (Å²) in [6, 6.07) is 8.86. The second-order valence-corrected chi connectivity index (χ2v) is 9.46. The molecule has 0 radical (unpaired) electrons. The maximum atomic E-state index is 12.8. The summed E-state index contributed by atoms with van der Waals surface area (Å²) in [6.45, 7) is 8.18. The molecule has 0 aromatic heterocycles. The Morgan fingerprint density at radius 2 is 1.84 bits per heavy atom. The molecular formula is C19H28BrN3OS. The van der Waals surface area contributed by atoms with Crippen LogP contribution in [0.2, 0.25) is 0 Å². The fraction of sp³-hybridized carbons (Fsp3) is 0.632. The molecule has 0 saturated carbocycles. The van der Waals surface area contributed by atoms with Gasteiger partial charge < -0.3 is 9.80 Å². The average Bonchev–Trinajstić information content (AvgIpc) is 2.63. The van der Waals surface area contributed by atoms with Gasteiger partial charge in [0.05, 0.1) is 5.25 Å². The lowest BCUT2D eigenvalue weighted by atomic mass is 10.0. The van der Waals surface area contributed by atoms with Crippen molar-refractivity contribution < 1.29 is 4.79 Å². The van der Waals surface area contributed by atoms with Crippen LogP contribution in [-0.2, 0) is 4.79 Å². The summed E-state index contributed by atoms with van der Waals surface area (Å²) >= 11 is 5.10. The SMILES string of the molecule is CC(Sc1ccc(Br)cc1)C(=O)N1CCN(C2CCCN(C)C2)CC1. The molecule has 2 heterocycles. The summed E-state index contributed by atoms with van der Waals surface area (Å²) in [6.07, 6.45) is 2.59. The van der Waals surface area contributed by atoms with Crippen LogP contribution in [0.1, 0.15) is 19.8 Å². The molecule has 0 spiro atoms. The fourth-order valence-corrected chi connectivity index (χ4v) is 4.99. The van der Waals surface area contributed by atoms with Crippen molar-refractivity contribution in [3.63, 3.8) is 0 Å². The van der Waals surface area contributed by atoms with E-state index in [2.05, 4.69) is 49.8 Å². The number of likely N-dealkylation sites (tertiary alicyclic amines) is 1. The highest BCUT2D eigenvalue weighted by molar-refractivity contribution is 9.10. The highest BCUT2D eigenvalue weighted by atomic mass is 79.9. The van der Waals surface area contributed by atoms with Gasteiger partial charge in [-0.05, 0) is 57.6 Å². The van der Waals surface area contributed by atoms with Gasteiger partial charge in [-0.1, -0.05) is 15.9 Å². The summed E-state index contributed by atoms with van der Waals surface area (Å²) < 4.78 is 1.07. The van der Waals surface area contributed by atoms with Crippen LogP contribution in [0.3, 0.4) is 0 Å². The van der Waals surface area contributed by atoms with Gasteiger partial charge in [-0.15, -0.1) is 11.8 Å². The molecular weight excluding hydrogens is 398 g/mol. The minimum Gasteiger partial charge on any atom is -0.339 e. The largest absolute Gasteiger partial charge is 0.339 e. The third-order valence-electron chi connectivity index (χ3n) is 5.22. The number of likely N-dealkylation sites (N-methyl/N-ethyl adjacent to an activating group) is 1. The first-order chi connectivity index (χ1) is 12.0. The lowest BCUT2D eigenvalue weighted by molar-refractivity contribution is -0.132. The summed E-state index contributed by atoms with van der Waals surface area (Å²) in [5, 5.41) is -0.0338. The van der Waals surface area contributed by atoms with E-state index in [9.17, 15) is 4.79 Å². The Bertz CT molecular complexity index is 575. The van der Waals surface area contributed by atoms with E-state index in [0.717, 1.165) is 35.5 Å². The van der Waals surface area contributed by atoms with Gasteiger partial charge in [0.15, 0.2) is 0 Å². The van der Waals surface area contributed by atoms with E-state index in [-0.39, 0.29) is 11.2 Å². The maximum Gasteiger partial charge on any atom is 0.235 e. The lowest BCUT2D eigenvalue weighted by Gasteiger charge is -2.43. The number of hydrogen-bond donors (Lipinski definition) is 0. The number of carbonyl (C=O) groups excluding carboxylic acids is 1. The quantitative estimate of drug-likeness (QED) is 0.692. The van der Waals surface area contributed by atoms with Gasteiger partial charge in [-0.25, -0.2) is 0 Å². The van der Waals surface area contributed by atoms with Gasteiger partial charge >= 0.3 is 0 Å². The fourth-order valence-electron chi connectivity index (χ4n) is 3.77. The second-order valence-electron chi connectivity index (χ2n) is 7.13. The number of halogens is 1. The Balaban J connectivity index is 1.48. The van der Waals surface area contributed by atoms with Gasteiger partial charge in [-0.3, -0.25) is 9.69 Å². The van der Waals surface area contributed by atoms with Gasteiger partial charge in [-0.2, -0.15) is 0 Å². The topological polar surface area (TPSA) is 26.8 Å². The number of nitrogens with zero attached hydrogens (tertiary/aromatic N) is 3. The van der Waals surface area contributed by atoms with Gasteiger partial charge in [0, 0.05) is 48.1 Å². The minimum absolute atomic E-state index is 0.0338. The van der Waals surface area contributed by atoms with Crippen LogP contribution in [0, 0.1) is 0 Å². The monoisotopic (exact) mass is 425 g/mol. The van der Waals surface area contributed by atoms with E-state index < -0.39 is 0 Å². The summed E-state index contributed by atoms with van der Waals surface area (Å²) in [4.78, 5) is 21.0. The van der Waals surface area contributed by atoms with E-state index in [1.165, 1.54) is 25.9 Å². The number of hydrogen-bond acceptors (Lipinski definition) is 4. The number of amides is 1. The summed E-state index contributed by atoms with van der Waals surface area (Å²) in [5.41, 5.74) is 0. The van der Waals surface area contributed by atoms with Crippen molar-refractivity contribution in [2.24, 2.45) is 0 Å². The zero-order chi connectivity index (χ0) is 17.8. The molecule has 138 valence electrons. The van der Waals surface area contributed by atoms with Gasteiger partial charge in [0.25, 0.3) is 0 Å². The Labute approximate surface area is 164 Å². The molecule has 0 N–H and O–H groups in total. The highest BCUT2D eigenvalue weighted by Crippen LogP contribution is 2.26. The van der Waals surface area contributed by atoms with Crippen LogP contribution in [0.5, 0.6) is 0 Å². The number of piperazine rings is 1. The molecule has 2 atom stereocenters. The van der Waals surface area contributed by atoms with Crippen LogP contribution in [-0.4, -0.2) is 78.2 Å². The van der Waals surface area contributed by atoms with Crippen LogP contribution in [0.25, 0.3) is 0 Å². The first-order valence-corrected chi connectivity index (χ1v) is 10.8. The van der Waals surface area contributed by atoms with E-state index >= 15 is 0 Å². The van der Waals surface area contributed by atoms with Crippen LogP contribution in [0.4, 0.5) is 0 Å². The molecule has 1 amide bonds. The Morgan fingerprint density at radius 3 is 2.48 bits per heavy atom. The number of carbonyl (C=O) groups is 1. The van der Waals surface area contributed by atoms with Crippen molar-refractivity contribution in [2.45, 2.75) is 36.0 Å². The second kappa shape index (κ2) is 8.89. The standard InChI is InChI=1S/C19H28BrN3OS/c1-15(25-18-7-5-16(20)6-8-18)19(24)23-12-10-22(11-13-23)17-4-3-9-21(2)14-17/h5-8,15,17H,3-4,9-14H2,1-2H3. The third kappa shape index (κ3) is 5.22. The summed E-state index contributed by atoms with van der Waals surface area (Å²) in [7, 11) is 2.22. The normalized spacial score (nSPS) is 24.3. The molecule has 1 aromatic carbocycles. The molecule has 2 aliphatic heterocycles. The molecule has 2 aliphatic rings. The lowest BCUT2D eigenvalue weighted by Crippen LogP contribution is -2.56. The van der Waals surface area contributed by atoms with Gasteiger partial charge in [0.2, 0.25) is 5.91 Å². The zero-order valence-corrected chi connectivity index (χ0v) is 17.6.